The minimum Gasteiger partial charge on any atom is -0.495 e. The molecular weight excluding hydrogens is 344 g/mol. The number of rotatable bonds is 6. The second kappa shape index (κ2) is 7.91. The van der Waals surface area contributed by atoms with Crippen LogP contribution in [-0.2, 0) is 4.74 Å². The van der Waals surface area contributed by atoms with Crippen molar-refractivity contribution < 1.29 is 4.74 Å². The standard InChI is InChI=1S/C20H28N4OS/c1-7-13-16(26-18-17(13)23-11-24-19(18)22)10-20(4,5)12(3)9-15(25-6)14(21)8-2/h7,9-10,21,23H,3,8,11H2,1-2,4-6H3,(H2,22,24)/b13-7?,15-9+,16-10?,21-14?. The molecule has 0 saturated carbocycles. The van der Waals surface area contributed by atoms with E-state index in [2.05, 4.69) is 42.9 Å². The number of methoxy groups -OCH3 is 1. The number of hydrogen-bond acceptors (Lipinski definition) is 6. The van der Waals surface area contributed by atoms with E-state index in [9.17, 15) is 0 Å². The fraction of sp³-hybridized carbons (Fsp3) is 0.400. The average molecular weight is 373 g/mol. The minimum absolute atomic E-state index is 0.311. The van der Waals surface area contributed by atoms with Crippen LogP contribution in [0.4, 0.5) is 5.69 Å². The minimum atomic E-state index is -0.311. The van der Waals surface area contributed by atoms with Gasteiger partial charge in [0, 0.05) is 15.2 Å². The molecule has 5 nitrogen and oxygen atoms in total. The van der Waals surface area contributed by atoms with E-state index in [1.54, 1.807) is 18.4 Å². The van der Waals surface area contributed by atoms with Crippen molar-refractivity contribution in [3.05, 3.63) is 38.6 Å². The van der Waals surface area contributed by atoms with Crippen molar-refractivity contribution >= 4 is 40.7 Å². The van der Waals surface area contributed by atoms with E-state index >= 15 is 0 Å². The van der Waals surface area contributed by atoms with Gasteiger partial charge in [-0.2, -0.15) is 0 Å². The molecule has 1 aromatic heterocycles. The molecule has 0 saturated heterocycles. The third-order valence-corrected chi connectivity index (χ3v) is 5.67. The number of aliphatic imine (C=N–C) groups is 1. The molecule has 0 spiro atoms. The first-order valence-electron chi connectivity index (χ1n) is 8.64. The summed E-state index contributed by atoms with van der Waals surface area (Å²) in [6.07, 6.45) is 6.77. The monoisotopic (exact) mass is 372 g/mol. The van der Waals surface area contributed by atoms with Gasteiger partial charge >= 0.3 is 0 Å². The molecule has 2 rings (SSSR count). The van der Waals surface area contributed by atoms with E-state index in [-0.39, 0.29) is 5.41 Å². The maximum Gasteiger partial charge on any atom is 0.139 e. The van der Waals surface area contributed by atoms with Crippen LogP contribution in [0.15, 0.2) is 29.0 Å². The number of hydrogen-bond donors (Lipinski definition) is 3. The van der Waals surface area contributed by atoms with Gasteiger partial charge < -0.3 is 21.2 Å². The number of nitrogens with zero attached hydrogens (tertiary/aromatic N) is 1. The molecule has 0 aliphatic carbocycles. The average Bonchev–Trinajstić information content (AvgIpc) is 2.96. The summed E-state index contributed by atoms with van der Waals surface area (Å²) in [5, 5.41) is 12.5. The Balaban J connectivity index is 2.52. The van der Waals surface area contributed by atoms with Crippen molar-refractivity contribution in [3.63, 3.8) is 0 Å². The number of amidine groups is 1. The summed E-state index contributed by atoms with van der Waals surface area (Å²) in [5.74, 6) is 1.14. The van der Waals surface area contributed by atoms with Crippen LogP contribution in [0.25, 0.3) is 12.2 Å². The molecule has 26 heavy (non-hydrogen) atoms. The normalized spacial score (nSPS) is 16.0. The summed E-state index contributed by atoms with van der Waals surface area (Å²) >= 11 is 1.63. The lowest BCUT2D eigenvalue weighted by molar-refractivity contribution is 0.312. The van der Waals surface area contributed by atoms with Gasteiger partial charge in [0.1, 0.15) is 18.3 Å². The third kappa shape index (κ3) is 3.90. The summed E-state index contributed by atoms with van der Waals surface area (Å²) in [6.45, 7) is 12.9. The first-order chi connectivity index (χ1) is 12.2. The Bertz CT molecular complexity index is 903. The van der Waals surface area contributed by atoms with Crippen molar-refractivity contribution in [2.24, 2.45) is 16.1 Å². The van der Waals surface area contributed by atoms with Crippen molar-refractivity contribution in [2.45, 2.75) is 34.1 Å². The van der Waals surface area contributed by atoms with Crippen molar-refractivity contribution in [2.75, 3.05) is 19.1 Å². The summed E-state index contributed by atoms with van der Waals surface area (Å²) in [6, 6.07) is 0. The zero-order valence-corrected chi connectivity index (χ0v) is 17.0. The third-order valence-electron chi connectivity index (χ3n) is 4.50. The largest absolute Gasteiger partial charge is 0.495 e. The summed E-state index contributed by atoms with van der Waals surface area (Å²) in [4.78, 5) is 5.25. The Hall–Kier alpha value is -2.34. The molecule has 0 aromatic carbocycles. The topological polar surface area (TPSA) is 83.5 Å². The Morgan fingerprint density at radius 2 is 2.19 bits per heavy atom. The van der Waals surface area contributed by atoms with E-state index in [0.29, 0.717) is 30.4 Å². The number of ether oxygens (including phenoxy) is 1. The number of fused-ring (bicyclic) bond motifs is 1. The van der Waals surface area contributed by atoms with Gasteiger partial charge in [0.2, 0.25) is 0 Å². The molecule has 0 bridgehead atoms. The molecule has 4 N–H and O–H groups in total. The quantitative estimate of drug-likeness (QED) is 0.408. The van der Waals surface area contributed by atoms with Gasteiger partial charge in [-0.3, -0.25) is 0 Å². The van der Waals surface area contributed by atoms with Gasteiger partial charge in [-0.1, -0.05) is 39.5 Å². The molecule has 6 heteroatoms. The van der Waals surface area contributed by atoms with E-state index in [1.807, 2.05) is 19.9 Å². The van der Waals surface area contributed by atoms with Crippen molar-refractivity contribution in [1.29, 1.82) is 5.41 Å². The maximum absolute atomic E-state index is 8.01. The second-order valence-corrected chi connectivity index (χ2v) is 7.74. The second-order valence-electron chi connectivity index (χ2n) is 6.69. The zero-order chi connectivity index (χ0) is 19.5. The fourth-order valence-corrected chi connectivity index (χ4v) is 4.05. The lowest BCUT2D eigenvalue weighted by Gasteiger charge is -2.22. The zero-order valence-electron chi connectivity index (χ0n) is 16.2. The smallest absolute Gasteiger partial charge is 0.139 e. The van der Waals surface area contributed by atoms with Gasteiger partial charge in [-0.25, -0.2) is 4.99 Å². The highest BCUT2D eigenvalue weighted by Crippen LogP contribution is 2.29. The Labute approximate surface area is 159 Å². The van der Waals surface area contributed by atoms with Crippen molar-refractivity contribution in [1.82, 2.24) is 0 Å². The molecule has 140 valence electrons. The van der Waals surface area contributed by atoms with Crippen LogP contribution in [0, 0.1) is 10.8 Å². The molecule has 1 aromatic rings. The van der Waals surface area contributed by atoms with Crippen LogP contribution in [0.2, 0.25) is 0 Å². The van der Waals surface area contributed by atoms with Crippen LogP contribution in [-0.4, -0.2) is 25.3 Å². The van der Waals surface area contributed by atoms with Crippen LogP contribution >= 0.6 is 11.3 Å². The predicted molar refractivity (Wildman–Crippen MR) is 113 cm³/mol. The van der Waals surface area contributed by atoms with E-state index in [0.717, 1.165) is 25.9 Å². The molecule has 0 radical (unpaired) electrons. The number of anilines is 1. The van der Waals surface area contributed by atoms with Crippen LogP contribution in [0.1, 0.15) is 39.0 Å². The van der Waals surface area contributed by atoms with E-state index in [1.165, 1.54) is 0 Å². The van der Waals surface area contributed by atoms with Crippen LogP contribution in [0.3, 0.4) is 0 Å². The van der Waals surface area contributed by atoms with Gasteiger partial charge in [-0.05, 0) is 25.0 Å². The van der Waals surface area contributed by atoms with Crippen LogP contribution in [0.5, 0.6) is 0 Å². The summed E-state index contributed by atoms with van der Waals surface area (Å²) in [7, 11) is 1.59. The Morgan fingerprint density at radius 3 is 2.77 bits per heavy atom. The van der Waals surface area contributed by atoms with Crippen molar-refractivity contribution in [3.8, 4) is 0 Å². The molecule has 0 unspecified atom stereocenters. The number of nitrogens with two attached hydrogens (primary N) is 1. The molecule has 1 aliphatic rings. The fourth-order valence-electron chi connectivity index (χ4n) is 2.69. The SMILES string of the molecule is C=C(/C=C(/OC)C(=N)CC)C(C)(C)C=c1sc2c(c1=CC)NCN=C2N. The highest BCUT2D eigenvalue weighted by atomic mass is 32.1. The lowest BCUT2D eigenvalue weighted by Crippen LogP contribution is -2.27. The van der Waals surface area contributed by atoms with Gasteiger partial charge in [0.05, 0.1) is 23.4 Å². The Morgan fingerprint density at radius 1 is 1.50 bits per heavy atom. The molecule has 0 amide bonds. The number of allylic oxidation sites excluding steroid dienone is 3. The number of thiophene rings is 1. The summed E-state index contributed by atoms with van der Waals surface area (Å²) in [5.41, 5.74) is 8.16. The first-order valence-corrected chi connectivity index (χ1v) is 9.45. The van der Waals surface area contributed by atoms with Crippen LogP contribution < -0.4 is 20.8 Å². The van der Waals surface area contributed by atoms with E-state index < -0.39 is 0 Å². The number of nitrogens with one attached hydrogen (secondary N) is 2. The molecular formula is C20H28N4OS. The van der Waals surface area contributed by atoms with Gasteiger partial charge in [-0.15, -0.1) is 11.3 Å². The van der Waals surface area contributed by atoms with Gasteiger partial charge in [0.25, 0.3) is 0 Å². The predicted octanol–water partition coefficient (Wildman–Crippen LogP) is 2.96. The molecule has 0 atom stereocenters. The maximum atomic E-state index is 8.01. The molecule has 2 heterocycles. The lowest BCUT2D eigenvalue weighted by atomic mass is 9.84. The highest BCUT2D eigenvalue weighted by molar-refractivity contribution is 7.12. The summed E-state index contributed by atoms with van der Waals surface area (Å²) < 4.78 is 6.49. The van der Waals surface area contributed by atoms with Gasteiger partial charge in [0.15, 0.2) is 0 Å². The molecule has 0 fully saturated rings. The highest BCUT2D eigenvalue weighted by Gasteiger charge is 2.21. The molecule has 1 aliphatic heterocycles. The first kappa shape index (κ1) is 20.0. The Kier molecular flexibility index (Phi) is 6.08. The van der Waals surface area contributed by atoms with E-state index in [4.69, 9.17) is 15.9 Å².